The van der Waals surface area contributed by atoms with Gasteiger partial charge in [0, 0.05) is 5.57 Å². The van der Waals surface area contributed by atoms with Crippen molar-refractivity contribution in [2.75, 3.05) is 6.61 Å². The van der Waals surface area contributed by atoms with Gasteiger partial charge < -0.3 is 4.74 Å². The van der Waals surface area contributed by atoms with Gasteiger partial charge in [-0.15, -0.1) is 0 Å². The quantitative estimate of drug-likeness (QED) is 0.564. The van der Waals surface area contributed by atoms with Crippen molar-refractivity contribution in [3.8, 4) is 0 Å². The Bertz CT molecular complexity index is 697. The molecule has 0 saturated carbocycles. The molecule has 1 aromatic rings. The molecule has 1 unspecified atom stereocenters. The number of rotatable bonds is 5. The van der Waals surface area contributed by atoms with E-state index < -0.39 is 36.4 Å². The summed E-state index contributed by atoms with van der Waals surface area (Å²) in [5.41, 5.74) is 0.0414. The van der Waals surface area contributed by atoms with Gasteiger partial charge in [-0.1, -0.05) is 43.0 Å². The SMILES string of the molecule is C=C(CO[C@H](C)C1=CC(C(F)(F)F)CC(C(F)(F)F)=C1)c1ccccc1. The maximum Gasteiger partial charge on any atom is 0.412 e. The number of alkyl halides is 6. The molecule has 0 spiro atoms. The lowest BCUT2D eigenvalue weighted by Gasteiger charge is -2.27. The summed E-state index contributed by atoms with van der Waals surface area (Å²) in [6.45, 7) is 5.25. The molecule has 0 N–H and O–H groups in total. The highest BCUT2D eigenvalue weighted by Crippen LogP contribution is 2.42. The number of benzene rings is 1. The van der Waals surface area contributed by atoms with Gasteiger partial charge in [0.05, 0.1) is 18.6 Å². The van der Waals surface area contributed by atoms with Crippen LogP contribution in [-0.4, -0.2) is 25.1 Å². The van der Waals surface area contributed by atoms with E-state index in [4.69, 9.17) is 4.74 Å². The fourth-order valence-electron chi connectivity index (χ4n) is 2.58. The van der Waals surface area contributed by atoms with Crippen molar-refractivity contribution in [2.45, 2.75) is 31.8 Å². The first-order chi connectivity index (χ1) is 12.0. The van der Waals surface area contributed by atoms with Crippen molar-refractivity contribution in [3.63, 3.8) is 0 Å². The fourth-order valence-corrected chi connectivity index (χ4v) is 2.58. The number of allylic oxidation sites excluding steroid dienone is 2. The third-order valence-corrected chi connectivity index (χ3v) is 4.12. The molecule has 7 heteroatoms. The van der Waals surface area contributed by atoms with Crippen molar-refractivity contribution in [1.29, 1.82) is 0 Å². The van der Waals surface area contributed by atoms with Crippen LogP contribution in [0.15, 0.2) is 60.2 Å². The Kier molecular flexibility index (Phi) is 6.01. The molecule has 1 aliphatic rings. The van der Waals surface area contributed by atoms with E-state index in [9.17, 15) is 26.3 Å². The van der Waals surface area contributed by atoms with Gasteiger partial charge in [-0.2, -0.15) is 26.3 Å². The van der Waals surface area contributed by atoms with E-state index in [1.165, 1.54) is 6.92 Å². The molecule has 0 fully saturated rings. The zero-order chi connectivity index (χ0) is 19.5. The molecular formula is C19H18F6O. The predicted octanol–water partition coefficient (Wildman–Crippen LogP) is 6.10. The zero-order valence-corrected chi connectivity index (χ0v) is 14.0. The summed E-state index contributed by atoms with van der Waals surface area (Å²) in [5.74, 6) is -2.18. The van der Waals surface area contributed by atoms with E-state index in [-0.39, 0.29) is 12.2 Å². The molecule has 1 aliphatic carbocycles. The van der Waals surface area contributed by atoms with E-state index in [1.807, 2.05) is 6.07 Å². The normalized spacial score (nSPS) is 19.6. The van der Waals surface area contributed by atoms with Crippen molar-refractivity contribution in [3.05, 3.63) is 65.8 Å². The van der Waals surface area contributed by atoms with Gasteiger partial charge in [0.2, 0.25) is 0 Å². The Morgan fingerprint density at radius 1 is 1.15 bits per heavy atom. The van der Waals surface area contributed by atoms with Crippen molar-refractivity contribution >= 4 is 5.57 Å². The molecule has 0 saturated heterocycles. The Morgan fingerprint density at radius 3 is 2.31 bits per heavy atom. The van der Waals surface area contributed by atoms with Gasteiger partial charge in [0.15, 0.2) is 0 Å². The van der Waals surface area contributed by atoms with Crippen LogP contribution in [0.25, 0.3) is 5.57 Å². The minimum atomic E-state index is -4.81. The van der Waals surface area contributed by atoms with E-state index in [0.29, 0.717) is 5.57 Å². The smallest absolute Gasteiger partial charge is 0.369 e. The summed E-state index contributed by atoms with van der Waals surface area (Å²) in [6.07, 6.45) is -10.0. The maximum absolute atomic E-state index is 13.0. The molecule has 142 valence electrons. The average Bonchev–Trinajstić information content (AvgIpc) is 2.58. The number of ether oxygens (including phenoxy) is 1. The molecule has 0 amide bonds. The standard InChI is InChI=1S/C19H18F6O/c1-12(14-6-4-3-5-7-14)11-26-13(2)15-8-16(18(20,21)22)10-17(9-15)19(23,24)25/h3-9,13,16H,1,10-11H2,2H3/t13-,16?/m1/s1. The Morgan fingerprint density at radius 2 is 1.77 bits per heavy atom. The summed E-state index contributed by atoms with van der Waals surface area (Å²) >= 11 is 0. The Labute approximate surface area is 147 Å². The third-order valence-electron chi connectivity index (χ3n) is 4.12. The summed E-state index contributed by atoms with van der Waals surface area (Å²) in [4.78, 5) is 0. The van der Waals surface area contributed by atoms with E-state index in [2.05, 4.69) is 6.58 Å². The predicted molar refractivity (Wildman–Crippen MR) is 87.3 cm³/mol. The van der Waals surface area contributed by atoms with E-state index in [1.54, 1.807) is 24.3 Å². The van der Waals surface area contributed by atoms with E-state index in [0.717, 1.165) is 17.7 Å². The highest BCUT2D eigenvalue weighted by molar-refractivity contribution is 5.63. The summed E-state index contributed by atoms with van der Waals surface area (Å²) < 4.78 is 83.3. The average molecular weight is 376 g/mol. The molecule has 1 nitrogen and oxygen atoms in total. The number of halogens is 6. The summed E-state index contributed by atoms with van der Waals surface area (Å²) in [7, 11) is 0. The van der Waals surface area contributed by atoms with Crippen LogP contribution in [0.4, 0.5) is 26.3 Å². The maximum atomic E-state index is 13.0. The van der Waals surface area contributed by atoms with Gasteiger partial charge in [-0.3, -0.25) is 0 Å². The Balaban J connectivity index is 2.14. The lowest BCUT2D eigenvalue weighted by atomic mass is 9.87. The van der Waals surface area contributed by atoms with Crippen molar-refractivity contribution in [1.82, 2.24) is 0 Å². The molecule has 1 aromatic carbocycles. The molecule has 0 heterocycles. The number of hydrogen-bond acceptors (Lipinski definition) is 1. The molecule has 2 rings (SSSR count). The largest absolute Gasteiger partial charge is 0.412 e. The monoisotopic (exact) mass is 376 g/mol. The summed E-state index contributed by atoms with van der Waals surface area (Å²) in [5, 5.41) is 0. The fraction of sp³-hybridized carbons (Fsp3) is 0.368. The van der Waals surface area contributed by atoms with Crippen LogP contribution in [0.1, 0.15) is 18.9 Å². The second-order valence-corrected chi connectivity index (χ2v) is 6.11. The van der Waals surface area contributed by atoms with Crippen LogP contribution in [0.3, 0.4) is 0 Å². The van der Waals surface area contributed by atoms with Gasteiger partial charge >= 0.3 is 12.4 Å². The molecular weight excluding hydrogens is 358 g/mol. The van der Waals surface area contributed by atoms with Gasteiger partial charge in [0.25, 0.3) is 0 Å². The van der Waals surface area contributed by atoms with Gasteiger partial charge in [-0.05, 0) is 36.1 Å². The molecule has 26 heavy (non-hydrogen) atoms. The molecule has 0 radical (unpaired) electrons. The van der Waals surface area contributed by atoms with Crippen LogP contribution in [0.5, 0.6) is 0 Å². The van der Waals surface area contributed by atoms with Crippen LogP contribution >= 0.6 is 0 Å². The second kappa shape index (κ2) is 7.70. The van der Waals surface area contributed by atoms with Gasteiger partial charge in [-0.25, -0.2) is 0 Å². The minimum Gasteiger partial charge on any atom is -0.369 e. The first-order valence-electron chi connectivity index (χ1n) is 7.89. The van der Waals surface area contributed by atoms with Crippen LogP contribution in [0.2, 0.25) is 0 Å². The first kappa shape index (κ1) is 20.3. The zero-order valence-electron chi connectivity index (χ0n) is 14.0. The second-order valence-electron chi connectivity index (χ2n) is 6.11. The highest BCUT2D eigenvalue weighted by Gasteiger charge is 2.45. The van der Waals surface area contributed by atoms with Crippen LogP contribution < -0.4 is 0 Å². The highest BCUT2D eigenvalue weighted by atomic mass is 19.4. The lowest BCUT2D eigenvalue weighted by molar-refractivity contribution is -0.166. The summed E-state index contributed by atoms with van der Waals surface area (Å²) in [6, 6.07) is 8.97. The minimum absolute atomic E-state index is 0.00556. The van der Waals surface area contributed by atoms with Crippen LogP contribution in [-0.2, 0) is 4.74 Å². The topological polar surface area (TPSA) is 9.23 Å². The van der Waals surface area contributed by atoms with Gasteiger partial charge in [0.1, 0.15) is 0 Å². The Hall–Kier alpha value is -2.02. The number of hydrogen-bond donors (Lipinski definition) is 0. The van der Waals surface area contributed by atoms with Crippen LogP contribution in [0, 0.1) is 5.92 Å². The van der Waals surface area contributed by atoms with Crippen molar-refractivity contribution in [2.24, 2.45) is 5.92 Å². The van der Waals surface area contributed by atoms with Crippen molar-refractivity contribution < 1.29 is 31.1 Å². The molecule has 0 aromatic heterocycles. The van der Waals surface area contributed by atoms with E-state index >= 15 is 0 Å². The lowest BCUT2D eigenvalue weighted by Crippen LogP contribution is -2.29. The third kappa shape index (κ3) is 5.24. The molecule has 0 aliphatic heterocycles. The molecule has 2 atom stereocenters. The first-order valence-corrected chi connectivity index (χ1v) is 7.89. The molecule has 0 bridgehead atoms.